The normalized spacial score (nSPS) is 11.6. The molecule has 0 amide bonds. The maximum atomic E-state index is 5.69. The summed E-state index contributed by atoms with van der Waals surface area (Å²) in [5, 5.41) is 14.1. The minimum atomic E-state index is 0.331. The largest absolute Gasteiger partial charge is 0.399 e. The maximum absolute atomic E-state index is 5.69. The van der Waals surface area contributed by atoms with E-state index in [9.17, 15) is 0 Å². The first-order chi connectivity index (χ1) is 9.63. The first-order valence-electron chi connectivity index (χ1n) is 6.69. The Hall–Kier alpha value is -1.95. The molecule has 0 saturated heterocycles. The summed E-state index contributed by atoms with van der Waals surface area (Å²) in [6.45, 7) is 4.20. The Bertz CT molecular complexity index is 711. The Balaban J connectivity index is 1.76. The predicted molar refractivity (Wildman–Crippen MR) is 81.0 cm³/mol. The van der Waals surface area contributed by atoms with Crippen LogP contribution in [0.4, 0.5) is 5.69 Å². The van der Waals surface area contributed by atoms with Crippen molar-refractivity contribution < 1.29 is 0 Å². The number of nitrogen functional groups attached to an aromatic ring is 1. The van der Waals surface area contributed by atoms with Gasteiger partial charge in [-0.15, -0.1) is 10.2 Å². The zero-order valence-electron chi connectivity index (χ0n) is 11.6. The number of rotatable bonds is 4. The minimum absolute atomic E-state index is 0.331. The number of fused-ring (bicyclic) bond motifs is 1. The zero-order chi connectivity index (χ0) is 14.1. The number of nitrogens with two attached hydrogens (primary N) is 1. The average Bonchev–Trinajstić information content (AvgIpc) is 2.97. The summed E-state index contributed by atoms with van der Waals surface area (Å²) in [5.74, 6) is 1.26. The quantitative estimate of drug-likeness (QED) is 0.749. The van der Waals surface area contributed by atoms with Crippen molar-refractivity contribution in [1.29, 1.82) is 0 Å². The summed E-state index contributed by atoms with van der Waals surface area (Å²) in [5.41, 5.74) is 7.76. The highest BCUT2D eigenvalue weighted by Crippen LogP contribution is 2.19. The van der Waals surface area contributed by atoms with E-state index in [4.69, 9.17) is 5.73 Å². The number of benzene rings is 1. The molecule has 2 N–H and O–H groups in total. The third kappa shape index (κ3) is 2.51. The van der Waals surface area contributed by atoms with E-state index in [0.717, 1.165) is 34.3 Å². The Morgan fingerprint density at radius 1 is 1.15 bits per heavy atom. The molecule has 104 valence electrons. The molecule has 3 rings (SSSR count). The van der Waals surface area contributed by atoms with E-state index in [-0.39, 0.29) is 0 Å². The molecule has 0 unspecified atom stereocenters. The van der Waals surface area contributed by atoms with Gasteiger partial charge in [0.2, 0.25) is 4.96 Å². The van der Waals surface area contributed by atoms with Crippen LogP contribution >= 0.6 is 11.3 Å². The van der Waals surface area contributed by atoms with E-state index < -0.39 is 0 Å². The van der Waals surface area contributed by atoms with Crippen molar-refractivity contribution in [3.8, 4) is 0 Å². The molecule has 0 aliphatic carbocycles. The van der Waals surface area contributed by atoms with Gasteiger partial charge in [0.1, 0.15) is 5.01 Å². The standard InChI is InChI=1S/C14H17N5S/c1-9(2)13-16-17-14-19(13)18-12(20-14)8-5-10-3-6-11(15)7-4-10/h3-4,6-7,9H,5,8,15H2,1-2H3. The van der Waals surface area contributed by atoms with Crippen molar-refractivity contribution in [1.82, 2.24) is 19.8 Å². The molecule has 2 heterocycles. The lowest BCUT2D eigenvalue weighted by atomic mass is 10.1. The number of aryl methyl sites for hydroxylation is 2. The lowest BCUT2D eigenvalue weighted by Gasteiger charge is -2.00. The van der Waals surface area contributed by atoms with Gasteiger partial charge in [0.15, 0.2) is 5.82 Å². The number of nitrogens with zero attached hydrogens (tertiary/aromatic N) is 4. The zero-order valence-corrected chi connectivity index (χ0v) is 12.4. The summed E-state index contributed by atoms with van der Waals surface area (Å²) in [6, 6.07) is 8.00. The molecule has 0 bridgehead atoms. The monoisotopic (exact) mass is 287 g/mol. The van der Waals surface area contributed by atoms with Crippen molar-refractivity contribution in [2.45, 2.75) is 32.6 Å². The van der Waals surface area contributed by atoms with Crippen LogP contribution in [0.15, 0.2) is 24.3 Å². The smallest absolute Gasteiger partial charge is 0.234 e. The molecule has 0 aliphatic rings. The van der Waals surface area contributed by atoms with Crippen LogP contribution in [-0.4, -0.2) is 19.8 Å². The highest BCUT2D eigenvalue weighted by Gasteiger charge is 2.13. The van der Waals surface area contributed by atoms with Gasteiger partial charge in [-0.2, -0.15) is 9.61 Å². The van der Waals surface area contributed by atoms with Crippen LogP contribution in [0.25, 0.3) is 4.96 Å². The first kappa shape index (κ1) is 13.1. The second-order valence-electron chi connectivity index (χ2n) is 5.14. The van der Waals surface area contributed by atoms with Gasteiger partial charge in [0, 0.05) is 18.0 Å². The van der Waals surface area contributed by atoms with Gasteiger partial charge in [-0.1, -0.05) is 37.3 Å². The van der Waals surface area contributed by atoms with Crippen LogP contribution in [0.3, 0.4) is 0 Å². The van der Waals surface area contributed by atoms with Crippen molar-refractivity contribution >= 4 is 22.0 Å². The van der Waals surface area contributed by atoms with E-state index in [1.54, 1.807) is 11.3 Å². The lowest BCUT2D eigenvalue weighted by molar-refractivity contribution is 0.715. The number of hydrogen-bond donors (Lipinski definition) is 1. The molecular weight excluding hydrogens is 270 g/mol. The highest BCUT2D eigenvalue weighted by atomic mass is 32.1. The van der Waals surface area contributed by atoms with Crippen molar-refractivity contribution in [3.63, 3.8) is 0 Å². The highest BCUT2D eigenvalue weighted by molar-refractivity contribution is 7.16. The molecule has 2 aromatic heterocycles. The fourth-order valence-electron chi connectivity index (χ4n) is 2.07. The predicted octanol–water partition coefficient (Wildman–Crippen LogP) is 2.68. The van der Waals surface area contributed by atoms with Crippen LogP contribution in [0, 0.1) is 0 Å². The first-order valence-corrected chi connectivity index (χ1v) is 7.50. The molecule has 0 aliphatic heterocycles. The van der Waals surface area contributed by atoms with Crippen LogP contribution < -0.4 is 5.73 Å². The van der Waals surface area contributed by atoms with E-state index >= 15 is 0 Å². The molecule has 3 aromatic rings. The van der Waals surface area contributed by atoms with Crippen molar-refractivity contribution in [3.05, 3.63) is 40.7 Å². The van der Waals surface area contributed by atoms with E-state index in [1.165, 1.54) is 5.56 Å². The van der Waals surface area contributed by atoms with Crippen molar-refractivity contribution in [2.75, 3.05) is 5.73 Å². The van der Waals surface area contributed by atoms with Gasteiger partial charge in [-0.3, -0.25) is 0 Å². The summed E-state index contributed by atoms with van der Waals surface area (Å²) < 4.78 is 1.87. The average molecular weight is 287 g/mol. The van der Waals surface area contributed by atoms with Crippen LogP contribution in [0.5, 0.6) is 0 Å². The number of aromatic nitrogens is 4. The molecule has 0 radical (unpaired) electrons. The second-order valence-corrected chi connectivity index (χ2v) is 6.19. The maximum Gasteiger partial charge on any atom is 0.234 e. The summed E-state index contributed by atoms with van der Waals surface area (Å²) >= 11 is 1.61. The molecule has 1 aromatic carbocycles. The van der Waals surface area contributed by atoms with Gasteiger partial charge in [0.05, 0.1) is 0 Å². The fourth-order valence-corrected chi connectivity index (χ4v) is 2.91. The third-order valence-electron chi connectivity index (χ3n) is 3.18. The Morgan fingerprint density at radius 3 is 2.60 bits per heavy atom. The van der Waals surface area contributed by atoms with Crippen LogP contribution in [-0.2, 0) is 12.8 Å². The molecular formula is C14H17N5S. The molecule has 20 heavy (non-hydrogen) atoms. The van der Waals surface area contributed by atoms with Gasteiger partial charge in [-0.25, -0.2) is 0 Å². The van der Waals surface area contributed by atoms with Gasteiger partial charge < -0.3 is 5.73 Å². The van der Waals surface area contributed by atoms with E-state index in [1.807, 2.05) is 16.6 Å². The molecule has 0 spiro atoms. The summed E-state index contributed by atoms with van der Waals surface area (Å²) in [6.07, 6.45) is 1.87. The third-order valence-corrected chi connectivity index (χ3v) is 4.14. The Morgan fingerprint density at radius 2 is 1.90 bits per heavy atom. The Labute approximate surface area is 121 Å². The number of hydrogen-bond acceptors (Lipinski definition) is 5. The van der Waals surface area contributed by atoms with Crippen LogP contribution in [0.2, 0.25) is 0 Å². The number of anilines is 1. The Kier molecular flexibility index (Phi) is 3.40. The van der Waals surface area contributed by atoms with Crippen molar-refractivity contribution in [2.24, 2.45) is 0 Å². The lowest BCUT2D eigenvalue weighted by Crippen LogP contribution is -1.99. The summed E-state index contributed by atoms with van der Waals surface area (Å²) in [7, 11) is 0. The summed E-state index contributed by atoms with van der Waals surface area (Å²) in [4.78, 5) is 0.876. The topological polar surface area (TPSA) is 69.1 Å². The van der Waals surface area contributed by atoms with E-state index in [2.05, 4.69) is 41.3 Å². The fraction of sp³-hybridized carbons (Fsp3) is 0.357. The molecule has 0 fully saturated rings. The van der Waals surface area contributed by atoms with Gasteiger partial charge >= 0.3 is 0 Å². The van der Waals surface area contributed by atoms with E-state index in [0.29, 0.717) is 5.92 Å². The van der Waals surface area contributed by atoms with Gasteiger partial charge in [-0.05, 0) is 24.1 Å². The molecule has 0 saturated carbocycles. The van der Waals surface area contributed by atoms with Crippen LogP contribution in [0.1, 0.15) is 36.2 Å². The SMILES string of the molecule is CC(C)c1nnc2sc(CCc3ccc(N)cc3)nn12. The molecule has 6 heteroatoms. The minimum Gasteiger partial charge on any atom is -0.399 e. The second kappa shape index (κ2) is 5.20. The molecule has 0 atom stereocenters. The molecule has 5 nitrogen and oxygen atoms in total. The van der Waals surface area contributed by atoms with Gasteiger partial charge in [0.25, 0.3) is 0 Å².